The van der Waals surface area contributed by atoms with E-state index in [4.69, 9.17) is 23.2 Å². The summed E-state index contributed by atoms with van der Waals surface area (Å²) in [4.78, 5) is 16.0. The number of amides is 1. The Morgan fingerprint density at radius 1 is 1.22 bits per heavy atom. The van der Waals surface area contributed by atoms with Crippen LogP contribution >= 0.6 is 39.1 Å². The minimum absolute atomic E-state index is 0.337. The van der Waals surface area contributed by atoms with Crippen LogP contribution in [0.4, 0.5) is 5.82 Å². The molecule has 0 spiro atoms. The van der Waals surface area contributed by atoms with Gasteiger partial charge in [-0.1, -0.05) is 39.1 Å². The van der Waals surface area contributed by atoms with E-state index in [9.17, 15) is 4.79 Å². The smallest absolute Gasteiger partial charge is 0.258 e. The highest BCUT2D eigenvalue weighted by molar-refractivity contribution is 9.10. The molecule has 0 fully saturated rings. The second-order valence-corrected chi connectivity index (χ2v) is 5.20. The van der Waals surface area contributed by atoms with Crippen molar-refractivity contribution in [3.63, 3.8) is 0 Å². The number of nitrogens with zero attached hydrogens (tertiary/aromatic N) is 1. The van der Waals surface area contributed by atoms with Crippen molar-refractivity contribution >= 4 is 50.9 Å². The molecule has 0 saturated carbocycles. The van der Waals surface area contributed by atoms with Crippen LogP contribution in [0.2, 0.25) is 10.0 Å². The molecule has 1 N–H and O–H groups in total. The van der Waals surface area contributed by atoms with Crippen LogP contribution in [0.3, 0.4) is 0 Å². The zero-order chi connectivity index (χ0) is 13.1. The minimum Gasteiger partial charge on any atom is -0.306 e. The lowest BCUT2D eigenvalue weighted by Crippen LogP contribution is -2.13. The number of rotatable bonds is 2. The van der Waals surface area contributed by atoms with Crippen LogP contribution in [-0.4, -0.2) is 10.9 Å². The van der Waals surface area contributed by atoms with E-state index < -0.39 is 0 Å². The fourth-order valence-corrected chi connectivity index (χ4v) is 2.05. The Hall–Kier alpha value is -1.10. The number of aromatic nitrogens is 1. The fourth-order valence-electron chi connectivity index (χ4n) is 1.33. The lowest BCUT2D eigenvalue weighted by atomic mass is 10.2. The Bertz CT molecular complexity index is 604. The van der Waals surface area contributed by atoms with Gasteiger partial charge in [-0.25, -0.2) is 4.98 Å². The van der Waals surface area contributed by atoms with Crippen molar-refractivity contribution in [2.24, 2.45) is 0 Å². The first-order valence-electron chi connectivity index (χ1n) is 4.94. The van der Waals surface area contributed by atoms with Gasteiger partial charge in [0.25, 0.3) is 5.91 Å². The minimum atomic E-state index is -0.337. The number of benzene rings is 1. The first-order chi connectivity index (χ1) is 8.56. The monoisotopic (exact) mass is 344 g/mol. The van der Waals surface area contributed by atoms with Gasteiger partial charge in [0.2, 0.25) is 0 Å². The third-order valence-electron chi connectivity index (χ3n) is 2.14. The van der Waals surface area contributed by atoms with Gasteiger partial charge < -0.3 is 5.32 Å². The summed E-state index contributed by atoms with van der Waals surface area (Å²) in [5.41, 5.74) is 0.368. The zero-order valence-electron chi connectivity index (χ0n) is 8.95. The predicted molar refractivity (Wildman–Crippen MR) is 76.4 cm³/mol. The molecule has 0 aliphatic carbocycles. The van der Waals surface area contributed by atoms with E-state index in [1.807, 2.05) is 0 Å². The molecule has 0 atom stereocenters. The van der Waals surface area contributed by atoms with Gasteiger partial charge in [-0.3, -0.25) is 4.79 Å². The maximum Gasteiger partial charge on any atom is 0.258 e. The van der Waals surface area contributed by atoms with Gasteiger partial charge in [0.15, 0.2) is 0 Å². The van der Waals surface area contributed by atoms with Gasteiger partial charge in [0, 0.05) is 15.7 Å². The molecule has 3 nitrogen and oxygen atoms in total. The summed E-state index contributed by atoms with van der Waals surface area (Å²) >= 11 is 15.1. The van der Waals surface area contributed by atoms with E-state index in [0.717, 1.165) is 4.47 Å². The number of carbonyl (C=O) groups excluding carboxylic acids is 1. The van der Waals surface area contributed by atoms with Crippen molar-refractivity contribution in [2.75, 3.05) is 5.32 Å². The highest BCUT2D eigenvalue weighted by Gasteiger charge is 2.11. The molecule has 1 heterocycles. The Morgan fingerprint density at radius 3 is 2.72 bits per heavy atom. The topological polar surface area (TPSA) is 42.0 Å². The Balaban J connectivity index is 2.24. The van der Waals surface area contributed by atoms with E-state index in [1.54, 1.807) is 30.3 Å². The second kappa shape index (κ2) is 5.69. The number of hydrogen-bond donors (Lipinski definition) is 1. The Morgan fingerprint density at radius 2 is 2.00 bits per heavy atom. The summed E-state index contributed by atoms with van der Waals surface area (Å²) in [6, 6.07) is 8.24. The SMILES string of the molecule is O=C(Nc1cc(Cl)ccn1)c1cc(Br)ccc1Cl. The van der Waals surface area contributed by atoms with Crippen molar-refractivity contribution in [3.05, 3.63) is 56.6 Å². The molecule has 0 unspecified atom stereocenters. The van der Waals surface area contributed by atoms with Crippen LogP contribution in [-0.2, 0) is 0 Å². The molecular weight excluding hydrogens is 339 g/mol. The third-order valence-corrected chi connectivity index (χ3v) is 3.19. The van der Waals surface area contributed by atoms with Crippen LogP contribution in [0.1, 0.15) is 10.4 Å². The molecule has 0 aliphatic heterocycles. The van der Waals surface area contributed by atoms with Crippen molar-refractivity contribution in [1.29, 1.82) is 0 Å². The third kappa shape index (κ3) is 3.22. The van der Waals surface area contributed by atoms with Gasteiger partial charge >= 0.3 is 0 Å². The van der Waals surface area contributed by atoms with Crippen LogP contribution in [0, 0.1) is 0 Å². The molecule has 0 saturated heterocycles. The Labute approximate surface area is 122 Å². The first kappa shape index (κ1) is 13.3. The number of carbonyl (C=O) groups is 1. The summed E-state index contributed by atoms with van der Waals surface area (Å²) in [7, 11) is 0. The van der Waals surface area contributed by atoms with Crippen molar-refractivity contribution in [1.82, 2.24) is 4.98 Å². The van der Waals surface area contributed by atoms with E-state index in [-0.39, 0.29) is 5.91 Å². The van der Waals surface area contributed by atoms with Crippen LogP contribution < -0.4 is 5.32 Å². The highest BCUT2D eigenvalue weighted by Crippen LogP contribution is 2.22. The van der Waals surface area contributed by atoms with Gasteiger partial charge in [0.1, 0.15) is 5.82 Å². The molecule has 18 heavy (non-hydrogen) atoms. The molecule has 92 valence electrons. The molecule has 2 aromatic rings. The fraction of sp³-hybridized carbons (Fsp3) is 0. The van der Waals surface area contributed by atoms with Crippen LogP contribution in [0.25, 0.3) is 0 Å². The Kier molecular flexibility index (Phi) is 4.22. The van der Waals surface area contributed by atoms with E-state index in [2.05, 4.69) is 26.2 Å². The molecule has 1 aromatic heterocycles. The molecule has 0 bridgehead atoms. The molecule has 0 radical (unpaired) electrons. The maximum atomic E-state index is 12.0. The lowest BCUT2D eigenvalue weighted by Gasteiger charge is -2.06. The number of halogens is 3. The summed E-state index contributed by atoms with van der Waals surface area (Å²) in [6.07, 6.45) is 1.51. The molecule has 1 aromatic carbocycles. The van der Waals surface area contributed by atoms with Crippen molar-refractivity contribution in [2.45, 2.75) is 0 Å². The van der Waals surface area contributed by atoms with Crippen LogP contribution in [0.15, 0.2) is 41.0 Å². The van der Waals surface area contributed by atoms with E-state index in [0.29, 0.717) is 21.4 Å². The van der Waals surface area contributed by atoms with Gasteiger partial charge in [-0.2, -0.15) is 0 Å². The summed E-state index contributed by atoms with van der Waals surface area (Å²) < 4.78 is 0.774. The molecule has 0 aliphatic rings. The quantitative estimate of drug-likeness (QED) is 0.876. The normalized spacial score (nSPS) is 10.2. The zero-order valence-corrected chi connectivity index (χ0v) is 12.1. The molecule has 1 amide bonds. The second-order valence-electron chi connectivity index (χ2n) is 3.44. The van der Waals surface area contributed by atoms with Crippen molar-refractivity contribution in [3.8, 4) is 0 Å². The number of pyridine rings is 1. The van der Waals surface area contributed by atoms with Gasteiger partial charge in [-0.15, -0.1) is 0 Å². The van der Waals surface area contributed by atoms with Gasteiger partial charge in [-0.05, 0) is 30.3 Å². The maximum absolute atomic E-state index is 12.0. The molecule has 6 heteroatoms. The number of nitrogens with one attached hydrogen (secondary N) is 1. The number of hydrogen-bond acceptors (Lipinski definition) is 2. The first-order valence-corrected chi connectivity index (χ1v) is 6.49. The van der Waals surface area contributed by atoms with E-state index >= 15 is 0 Å². The summed E-state index contributed by atoms with van der Waals surface area (Å²) in [5.74, 6) is 0.0413. The predicted octanol–water partition coefficient (Wildman–Crippen LogP) is 4.40. The van der Waals surface area contributed by atoms with E-state index in [1.165, 1.54) is 6.20 Å². The average molecular weight is 346 g/mol. The number of anilines is 1. The molecule has 2 rings (SSSR count). The average Bonchev–Trinajstić information content (AvgIpc) is 2.32. The summed E-state index contributed by atoms with van der Waals surface area (Å²) in [5, 5.41) is 3.50. The van der Waals surface area contributed by atoms with Crippen LogP contribution in [0.5, 0.6) is 0 Å². The largest absolute Gasteiger partial charge is 0.306 e. The molecular formula is C12H7BrCl2N2O. The highest BCUT2D eigenvalue weighted by atomic mass is 79.9. The standard InChI is InChI=1S/C12H7BrCl2N2O/c13-7-1-2-10(15)9(5-7)12(18)17-11-6-8(14)3-4-16-11/h1-6H,(H,16,17,18). The lowest BCUT2D eigenvalue weighted by molar-refractivity contribution is 0.102. The van der Waals surface area contributed by atoms with Crippen molar-refractivity contribution < 1.29 is 4.79 Å². The summed E-state index contributed by atoms with van der Waals surface area (Å²) in [6.45, 7) is 0. The van der Waals surface area contributed by atoms with Gasteiger partial charge in [0.05, 0.1) is 10.6 Å².